The molecule has 0 spiro atoms. The molecule has 0 aromatic heterocycles. The second kappa shape index (κ2) is 7.07. The number of rotatable bonds is 4. The van der Waals surface area contributed by atoms with Gasteiger partial charge in [0, 0.05) is 0 Å². The molecule has 4 aliphatic rings. The summed E-state index contributed by atoms with van der Waals surface area (Å²) in [6, 6.07) is 0. The molecule has 3 saturated carbocycles. The quantitative estimate of drug-likeness (QED) is 0.440. The molecule has 8 atom stereocenters. The Labute approximate surface area is 169 Å². The van der Waals surface area contributed by atoms with E-state index in [-0.39, 0.29) is 0 Å². The molecule has 0 N–H and O–H groups in total. The molecule has 0 bridgehead atoms. The van der Waals surface area contributed by atoms with Crippen LogP contribution in [0.15, 0.2) is 24.3 Å². The average molecular weight is 369 g/mol. The number of allylic oxidation sites excluding steroid dienone is 3. The van der Waals surface area contributed by atoms with Crippen LogP contribution in [0, 0.1) is 52.3 Å². The highest BCUT2D eigenvalue weighted by Gasteiger charge is 2.59. The van der Waals surface area contributed by atoms with Crippen molar-refractivity contribution in [1.29, 1.82) is 0 Å². The summed E-state index contributed by atoms with van der Waals surface area (Å²) in [4.78, 5) is 0. The third-order valence-electron chi connectivity index (χ3n) is 10.4. The van der Waals surface area contributed by atoms with E-state index in [1.807, 2.05) is 5.57 Å². The molecule has 0 aromatic carbocycles. The molecule has 4 rings (SSSR count). The minimum atomic E-state index is 0.549. The van der Waals surface area contributed by atoms with Crippen LogP contribution in [0.3, 0.4) is 0 Å². The molecule has 0 heteroatoms. The van der Waals surface area contributed by atoms with Crippen molar-refractivity contribution in [1.82, 2.24) is 0 Å². The van der Waals surface area contributed by atoms with E-state index in [2.05, 4.69) is 53.3 Å². The predicted octanol–water partition coefficient (Wildman–Crippen LogP) is 8.05. The molecule has 0 radical (unpaired) electrons. The summed E-state index contributed by atoms with van der Waals surface area (Å²) in [6.45, 7) is 16.9. The summed E-state index contributed by atoms with van der Waals surface area (Å²) in [5, 5.41) is 0. The largest absolute Gasteiger partial charge is 0.103 e. The Bertz CT molecular complexity index is 597. The first-order valence-electron chi connectivity index (χ1n) is 12.1. The van der Waals surface area contributed by atoms with E-state index in [1.165, 1.54) is 57.8 Å². The normalized spacial score (nSPS) is 46.1. The molecule has 0 heterocycles. The highest BCUT2D eigenvalue weighted by Crippen LogP contribution is 2.67. The fraction of sp³-hybridized carbons (Fsp3) is 0.852. The minimum absolute atomic E-state index is 0.549. The zero-order valence-electron chi connectivity index (χ0n) is 18.8. The van der Waals surface area contributed by atoms with E-state index in [9.17, 15) is 0 Å². The van der Waals surface area contributed by atoms with Crippen LogP contribution in [0.2, 0.25) is 0 Å². The lowest BCUT2D eigenvalue weighted by Gasteiger charge is -2.58. The van der Waals surface area contributed by atoms with Crippen molar-refractivity contribution in [2.75, 3.05) is 0 Å². The van der Waals surface area contributed by atoms with Gasteiger partial charge in [0.25, 0.3) is 0 Å². The van der Waals surface area contributed by atoms with Crippen molar-refractivity contribution in [3.63, 3.8) is 0 Å². The summed E-state index contributed by atoms with van der Waals surface area (Å²) in [5.41, 5.74) is 2.98. The van der Waals surface area contributed by atoms with Crippen LogP contribution in [0.25, 0.3) is 0 Å². The van der Waals surface area contributed by atoms with Gasteiger partial charge in [-0.15, -0.1) is 6.58 Å². The fourth-order valence-electron chi connectivity index (χ4n) is 8.96. The summed E-state index contributed by atoms with van der Waals surface area (Å²) in [5.74, 6) is 6.00. The van der Waals surface area contributed by atoms with Crippen LogP contribution < -0.4 is 0 Å². The van der Waals surface area contributed by atoms with E-state index in [0.717, 1.165) is 35.5 Å². The molecular formula is C27H44. The first kappa shape index (κ1) is 19.8. The lowest BCUT2D eigenvalue weighted by molar-refractivity contribution is -0.0537. The SMILES string of the molecule is C=CC(C(C)C)[C@@H](C)[C@H]1CC[C@H]2[C@@H]3CC=C4CCCC[C@]4(C)[C@H]3CC[C@]12C. The van der Waals surface area contributed by atoms with Gasteiger partial charge in [-0.25, -0.2) is 0 Å². The predicted molar refractivity (Wildman–Crippen MR) is 117 cm³/mol. The van der Waals surface area contributed by atoms with Crippen LogP contribution in [-0.4, -0.2) is 0 Å². The van der Waals surface area contributed by atoms with E-state index in [0.29, 0.717) is 16.7 Å². The van der Waals surface area contributed by atoms with E-state index >= 15 is 0 Å². The summed E-state index contributed by atoms with van der Waals surface area (Å²) < 4.78 is 0. The van der Waals surface area contributed by atoms with Gasteiger partial charge < -0.3 is 0 Å². The Hall–Kier alpha value is -0.520. The molecule has 0 nitrogen and oxygen atoms in total. The Morgan fingerprint density at radius 1 is 1.04 bits per heavy atom. The van der Waals surface area contributed by atoms with Gasteiger partial charge in [-0.2, -0.15) is 0 Å². The summed E-state index contributed by atoms with van der Waals surface area (Å²) >= 11 is 0. The minimum Gasteiger partial charge on any atom is -0.103 e. The van der Waals surface area contributed by atoms with Gasteiger partial charge >= 0.3 is 0 Å². The highest BCUT2D eigenvalue weighted by molar-refractivity contribution is 5.24. The molecule has 0 saturated heterocycles. The average Bonchev–Trinajstić information content (AvgIpc) is 2.98. The van der Waals surface area contributed by atoms with Gasteiger partial charge in [0.1, 0.15) is 0 Å². The molecule has 4 aliphatic carbocycles. The summed E-state index contributed by atoms with van der Waals surface area (Å²) in [6.07, 6.45) is 18.1. The highest BCUT2D eigenvalue weighted by atomic mass is 14.6. The zero-order valence-corrected chi connectivity index (χ0v) is 18.8. The monoisotopic (exact) mass is 368 g/mol. The topological polar surface area (TPSA) is 0 Å². The molecule has 152 valence electrons. The maximum Gasteiger partial charge on any atom is -0.00853 e. The number of hydrogen-bond donors (Lipinski definition) is 0. The summed E-state index contributed by atoms with van der Waals surface area (Å²) in [7, 11) is 0. The van der Waals surface area contributed by atoms with Crippen molar-refractivity contribution in [2.45, 2.75) is 92.4 Å². The van der Waals surface area contributed by atoms with Crippen LogP contribution in [0.4, 0.5) is 0 Å². The lowest BCUT2D eigenvalue weighted by Crippen LogP contribution is -2.50. The first-order chi connectivity index (χ1) is 12.8. The van der Waals surface area contributed by atoms with Crippen LogP contribution in [-0.2, 0) is 0 Å². The van der Waals surface area contributed by atoms with Crippen molar-refractivity contribution in [3.8, 4) is 0 Å². The lowest BCUT2D eigenvalue weighted by atomic mass is 9.47. The van der Waals surface area contributed by atoms with Crippen LogP contribution >= 0.6 is 0 Å². The second-order valence-electron chi connectivity index (χ2n) is 11.6. The van der Waals surface area contributed by atoms with Gasteiger partial charge in [0.15, 0.2) is 0 Å². The van der Waals surface area contributed by atoms with Gasteiger partial charge in [0.05, 0.1) is 0 Å². The molecule has 0 aromatic rings. The molecule has 1 unspecified atom stereocenters. The van der Waals surface area contributed by atoms with Gasteiger partial charge in [-0.1, -0.05) is 58.8 Å². The molecular weight excluding hydrogens is 324 g/mol. The first-order valence-corrected chi connectivity index (χ1v) is 12.1. The Kier molecular flexibility index (Phi) is 5.18. The maximum atomic E-state index is 4.21. The Morgan fingerprint density at radius 2 is 1.81 bits per heavy atom. The van der Waals surface area contributed by atoms with E-state index in [4.69, 9.17) is 0 Å². The van der Waals surface area contributed by atoms with Gasteiger partial charge in [-0.05, 0) is 104 Å². The van der Waals surface area contributed by atoms with Crippen molar-refractivity contribution in [2.24, 2.45) is 52.3 Å². The third-order valence-corrected chi connectivity index (χ3v) is 10.4. The standard InChI is InChI=1S/C27H44/c1-7-21(18(2)3)19(4)23-13-14-24-22-12-11-20-10-8-9-16-26(20,5)25(22)15-17-27(23,24)6/h7,11,18-19,21-25H,1,8-10,12-17H2,2-6H3/t19-,21?,22+,23-,24+,25+,26+,27-/m1/s1. The van der Waals surface area contributed by atoms with Crippen LogP contribution in [0.1, 0.15) is 92.4 Å². The number of hydrogen-bond acceptors (Lipinski definition) is 0. The second-order valence-corrected chi connectivity index (χ2v) is 11.6. The number of fused-ring (bicyclic) bond motifs is 5. The maximum absolute atomic E-state index is 4.21. The molecule has 3 fully saturated rings. The van der Waals surface area contributed by atoms with Crippen molar-refractivity contribution < 1.29 is 0 Å². The fourth-order valence-corrected chi connectivity index (χ4v) is 8.96. The Balaban J connectivity index is 1.60. The van der Waals surface area contributed by atoms with Gasteiger partial charge in [-0.3, -0.25) is 0 Å². The molecule has 27 heavy (non-hydrogen) atoms. The molecule has 0 amide bonds. The smallest absolute Gasteiger partial charge is 0.00853 e. The Morgan fingerprint density at radius 3 is 2.52 bits per heavy atom. The van der Waals surface area contributed by atoms with E-state index in [1.54, 1.807) is 0 Å². The van der Waals surface area contributed by atoms with E-state index < -0.39 is 0 Å². The zero-order chi connectivity index (χ0) is 19.4. The van der Waals surface area contributed by atoms with Crippen molar-refractivity contribution in [3.05, 3.63) is 24.3 Å². The third kappa shape index (κ3) is 2.91. The molecule has 0 aliphatic heterocycles. The van der Waals surface area contributed by atoms with Gasteiger partial charge in [0.2, 0.25) is 0 Å². The van der Waals surface area contributed by atoms with Crippen molar-refractivity contribution >= 4 is 0 Å². The van der Waals surface area contributed by atoms with Crippen LogP contribution in [0.5, 0.6) is 0 Å².